The molecule has 1 nitrogen and oxygen atoms in total. The van der Waals surface area contributed by atoms with Crippen molar-refractivity contribution in [1.29, 1.82) is 0 Å². The Balaban J connectivity index is 2.26. The van der Waals surface area contributed by atoms with E-state index in [4.69, 9.17) is 0 Å². The van der Waals surface area contributed by atoms with Crippen LogP contribution in [-0.4, -0.2) is 6.54 Å². The molecule has 0 radical (unpaired) electrons. The molecule has 2 heteroatoms. The average molecular weight is 165 g/mol. The molecule has 1 atom stereocenters. The van der Waals surface area contributed by atoms with E-state index >= 15 is 0 Å². The second-order valence-electron chi connectivity index (χ2n) is 3.17. The van der Waals surface area contributed by atoms with Crippen molar-refractivity contribution in [3.8, 4) is 0 Å². The molecule has 1 N–H and O–H groups in total. The van der Waals surface area contributed by atoms with Crippen molar-refractivity contribution in [3.05, 3.63) is 35.6 Å². The molecule has 1 fully saturated rings. The van der Waals surface area contributed by atoms with Crippen LogP contribution in [0.1, 0.15) is 24.4 Å². The minimum Gasteiger partial charge on any atom is -0.310 e. The first-order chi connectivity index (χ1) is 5.88. The number of nitrogens with one attached hydrogen (secondary N) is 1. The van der Waals surface area contributed by atoms with E-state index in [-0.39, 0.29) is 11.9 Å². The monoisotopic (exact) mass is 165 g/mol. The van der Waals surface area contributed by atoms with Crippen molar-refractivity contribution in [3.63, 3.8) is 0 Å². The topological polar surface area (TPSA) is 12.0 Å². The Morgan fingerprint density at radius 1 is 1.33 bits per heavy atom. The first kappa shape index (κ1) is 7.74. The van der Waals surface area contributed by atoms with Gasteiger partial charge in [-0.2, -0.15) is 0 Å². The molecule has 0 aromatic heterocycles. The van der Waals surface area contributed by atoms with Crippen LogP contribution in [0.3, 0.4) is 0 Å². The molecule has 0 aliphatic carbocycles. The summed E-state index contributed by atoms with van der Waals surface area (Å²) in [5, 5.41) is 3.27. The molecule has 1 saturated heterocycles. The predicted octanol–water partition coefficient (Wildman–Crippen LogP) is 2.25. The van der Waals surface area contributed by atoms with Crippen molar-refractivity contribution in [2.75, 3.05) is 6.54 Å². The molecule has 0 saturated carbocycles. The van der Waals surface area contributed by atoms with E-state index in [0.717, 1.165) is 24.9 Å². The van der Waals surface area contributed by atoms with Gasteiger partial charge in [0.05, 0.1) is 0 Å². The fraction of sp³-hybridized carbons (Fsp3) is 0.400. The predicted molar refractivity (Wildman–Crippen MR) is 46.4 cm³/mol. The lowest BCUT2D eigenvalue weighted by Crippen LogP contribution is -2.13. The summed E-state index contributed by atoms with van der Waals surface area (Å²) in [5.74, 6) is -0.0862. The van der Waals surface area contributed by atoms with Crippen LogP contribution in [0.25, 0.3) is 0 Å². The number of rotatable bonds is 1. The highest BCUT2D eigenvalue weighted by atomic mass is 19.1. The van der Waals surface area contributed by atoms with Crippen LogP contribution >= 0.6 is 0 Å². The Morgan fingerprint density at radius 3 is 2.83 bits per heavy atom. The maximum atomic E-state index is 13.2. The third kappa shape index (κ3) is 1.34. The van der Waals surface area contributed by atoms with E-state index in [2.05, 4.69) is 5.32 Å². The van der Waals surface area contributed by atoms with Gasteiger partial charge in [0.1, 0.15) is 5.82 Å². The van der Waals surface area contributed by atoms with Gasteiger partial charge in [-0.1, -0.05) is 18.2 Å². The molecule has 1 aromatic rings. The maximum Gasteiger partial charge on any atom is 0.127 e. The lowest BCUT2D eigenvalue weighted by atomic mass is 10.1. The lowest BCUT2D eigenvalue weighted by Gasteiger charge is -2.10. The molecule has 1 heterocycles. The van der Waals surface area contributed by atoms with Crippen LogP contribution in [0.5, 0.6) is 0 Å². The molecule has 1 aliphatic rings. The molecular weight excluding hydrogens is 153 g/mol. The van der Waals surface area contributed by atoms with Gasteiger partial charge >= 0.3 is 0 Å². The summed E-state index contributed by atoms with van der Waals surface area (Å²) in [6.45, 7) is 1.01. The highest BCUT2D eigenvalue weighted by molar-refractivity contribution is 5.21. The normalized spacial score (nSPS) is 22.9. The second kappa shape index (κ2) is 3.23. The summed E-state index contributed by atoms with van der Waals surface area (Å²) in [7, 11) is 0. The molecule has 12 heavy (non-hydrogen) atoms. The van der Waals surface area contributed by atoms with Crippen LogP contribution < -0.4 is 5.32 Å². The Hall–Kier alpha value is -0.890. The number of benzene rings is 1. The van der Waals surface area contributed by atoms with Gasteiger partial charge in [0.2, 0.25) is 0 Å². The molecule has 0 amide bonds. The number of halogens is 1. The zero-order valence-corrected chi connectivity index (χ0v) is 6.89. The Bertz CT molecular complexity index is 266. The first-order valence-electron chi connectivity index (χ1n) is 4.36. The van der Waals surface area contributed by atoms with E-state index in [1.165, 1.54) is 6.07 Å². The lowest BCUT2D eigenvalue weighted by molar-refractivity contribution is 0.559. The van der Waals surface area contributed by atoms with Gasteiger partial charge < -0.3 is 5.32 Å². The van der Waals surface area contributed by atoms with Crippen LogP contribution in [0.4, 0.5) is 4.39 Å². The van der Waals surface area contributed by atoms with Gasteiger partial charge in [-0.05, 0) is 25.5 Å². The minimum absolute atomic E-state index is 0.0862. The summed E-state index contributed by atoms with van der Waals surface area (Å²) in [4.78, 5) is 0. The summed E-state index contributed by atoms with van der Waals surface area (Å²) in [5.41, 5.74) is 0.815. The zero-order valence-electron chi connectivity index (χ0n) is 6.89. The van der Waals surface area contributed by atoms with Crippen molar-refractivity contribution < 1.29 is 4.39 Å². The highest BCUT2D eigenvalue weighted by Gasteiger charge is 2.18. The van der Waals surface area contributed by atoms with E-state index in [1.807, 2.05) is 12.1 Å². The standard InChI is InChI=1S/C10H12FN/c11-9-5-2-1-4-8(9)10-6-3-7-12-10/h1-2,4-5,10,12H,3,6-7H2/t10-/m1/s1. The summed E-state index contributed by atoms with van der Waals surface area (Å²) >= 11 is 0. The Kier molecular flexibility index (Phi) is 2.09. The Morgan fingerprint density at radius 2 is 2.17 bits per heavy atom. The molecule has 1 aromatic carbocycles. The molecule has 0 bridgehead atoms. The Labute approximate surface area is 71.6 Å². The molecular formula is C10H12FN. The van der Waals surface area contributed by atoms with Gasteiger partial charge in [-0.15, -0.1) is 0 Å². The van der Waals surface area contributed by atoms with Crippen LogP contribution in [0.2, 0.25) is 0 Å². The number of hydrogen-bond acceptors (Lipinski definition) is 1. The van der Waals surface area contributed by atoms with Crippen molar-refractivity contribution in [1.82, 2.24) is 5.32 Å². The quantitative estimate of drug-likeness (QED) is 0.673. The van der Waals surface area contributed by atoms with Gasteiger partial charge in [-0.3, -0.25) is 0 Å². The molecule has 0 unspecified atom stereocenters. The number of hydrogen-bond donors (Lipinski definition) is 1. The SMILES string of the molecule is Fc1ccccc1[C@H]1CCCN1. The fourth-order valence-corrected chi connectivity index (χ4v) is 1.71. The zero-order chi connectivity index (χ0) is 8.39. The van der Waals surface area contributed by atoms with Crippen LogP contribution in [0, 0.1) is 5.82 Å². The minimum atomic E-state index is -0.0862. The smallest absolute Gasteiger partial charge is 0.127 e. The molecule has 0 spiro atoms. The van der Waals surface area contributed by atoms with E-state index < -0.39 is 0 Å². The van der Waals surface area contributed by atoms with Gasteiger partial charge in [-0.25, -0.2) is 4.39 Å². The summed E-state index contributed by atoms with van der Waals surface area (Å²) < 4.78 is 13.2. The van der Waals surface area contributed by atoms with E-state index in [1.54, 1.807) is 6.07 Å². The summed E-state index contributed by atoms with van der Waals surface area (Å²) in [6, 6.07) is 7.24. The van der Waals surface area contributed by atoms with Crippen LogP contribution in [0.15, 0.2) is 24.3 Å². The fourth-order valence-electron chi connectivity index (χ4n) is 1.71. The summed E-state index contributed by atoms with van der Waals surface area (Å²) in [6.07, 6.45) is 2.21. The van der Waals surface area contributed by atoms with Crippen LogP contribution in [-0.2, 0) is 0 Å². The van der Waals surface area contributed by atoms with Gasteiger partial charge in [0.25, 0.3) is 0 Å². The third-order valence-electron chi connectivity index (χ3n) is 2.34. The maximum absolute atomic E-state index is 13.2. The van der Waals surface area contributed by atoms with Crippen molar-refractivity contribution in [2.24, 2.45) is 0 Å². The van der Waals surface area contributed by atoms with Crippen molar-refractivity contribution in [2.45, 2.75) is 18.9 Å². The average Bonchev–Trinajstić information content (AvgIpc) is 2.57. The third-order valence-corrected chi connectivity index (χ3v) is 2.34. The van der Waals surface area contributed by atoms with Gasteiger partial charge in [0.15, 0.2) is 0 Å². The van der Waals surface area contributed by atoms with E-state index in [0.29, 0.717) is 0 Å². The van der Waals surface area contributed by atoms with Gasteiger partial charge in [0, 0.05) is 11.6 Å². The largest absolute Gasteiger partial charge is 0.310 e. The van der Waals surface area contributed by atoms with Crippen molar-refractivity contribution >= 4 is 0 Å². The molecule has 2 rings (SSSR count). The molecule has 64 valence electrons. The molecule has 1 aliphatic heterocycles. The first-order valence-corrected chi connectivity index (χ1v) is 4.36. The highest BCUT2D eigenvalue weighted by Crippen LogP contribution is 2.24. The van der Waals surface area contributed by atoms with E-state index in [9.17, 15) is 4.39 Å². The second-order valence-corrected chi connectivity index (χ2v) is 3.17.